The molecule has 9 heteroatoms. The number of fused-ring (bicyclic) bond motifs is 1. The molecule has 33 heavy (non-hydrogen) atoms. The third-order valence-electron chi connectivity index (χ3n) is 5.27. The normalized spacial score (nSPS) is 10.9. The van der Waals surface area contributed by atoms with Crippen molar-refractivity contribution in [2.45, 2.75) is 31.6 Å². The van der Waals surface area contributed by atoms with E-state index in [1.807, 2.05) is 47.4 Å². The van der Waals surface area contributed by atoms with Gasteiger partial charge in [-0.2, -0.15) is 0 Å². The smallest absolute Gasteiger partial charge is 0.228 e. The van der Waals surface area contributed by atoms with Crippen LogP contribution in [0.3, 0.4) is 0 Å². The minimum atomic E-state index is 0. The molecule has 1 amide bonds. The summed E-state index contributed by atoms with van der Waals surface area (Å²) in [5.41, 5.74) is 0.814. The Hall–Kier alpha value is -1.51. The summed E-state index contributed by atoms with van der Waals surface area (Å²) >= 11 is 9.24. The Bertz CT molecular complexity index is 1010. The molecule has 5 nitrogen and oxygen atoms in total. The average Bonchev–Trinajstić information content (AvgIpc) is 3.24. The van der Waals surface area contributed by atoms with Crippen LogP contribution in [0, 0.1) is 0 Å². The van der Waals surface area contributed by atoms with E-state index < -0.39 is 0 Å². The highest BCUT2D eigenvalue weighted by molar-refractivity contribution is 7.99. The van der Waals surface area contributed by atoms with Gasteiger partial charge in [0.1, 0.15) is 11.3 Å². The first-order valence-corrected chi connectivity index (χ1v) is 13.1. The summed E-state index contributed by atoms with van der Waals surface area (Å²) in [7, 11) is 1.65. The number of benzene rings is 2. The first-order valence-electron chi connectivity index (χ1n) is 10.9. The van der Waals surface area contributed by atoms with Gasteiger partial charge in [-0.25, -0.2) is 4.98 Å². The highest BCUT2D eigenvalue weighted by Gasteiger charge is 2.21. The van der Waals surface area contributed by atoms with Crippen LogP contribution in [-0.4, -0.2) is 54.8 Å². The first-order chi connectivity index (χ1) is 15.5. The summed E-state index contributed by atoms with van der Waals surface area (Å²) in [6.07, 6.45) is 1.30. The molecule has 2 aromatic carbocycles. The van der Waals surface area contributed by atoms with Gasteiger partial charge in [0.2, 0.25) is 5.91 Å². The maximum atomic E-state index is 13.2. The van der Waals surface area contributed by atoms with Crippen LogP contribution in [0.4, 0.5) is 5.13 Å². The zero-order chi connectivity index (χ0) is 22.9. The van der Waals surface area contributed by atoms with Gasteiger partial charge < -0.3 is 9.64 Å². The quantitative estimate of drug-likeness (QED) is 0.195. The number of thioether (sulfide) groups is 1. The Balaban J connectivity index is 0.00000385. The number of hydrogen-bond donors (Lipinski definition) is 0. The number of carbonyl (C=O) groups excluding carboxylic acids is 1. The number of aromatic nitrogens is 1. The highest BCUT2D eigenvalue weighted by atomic mass is 35.5. The van der Waals surface area contributed by atoms with Crippen LogP contribution in [0.15, 0.2) is 47.4 Å². The molecule has 0 bridgehead atoms. The summed E-state index contributed by atoms with van der Waals surface area (Å²) in [6, 6.07) is 13.7. The summed E-state index contributed by atoms with van der Waals surface area (Å²) in [5.74, 6) is 1.73. The Morgan fingerprint density at radius 3 is 2.52 bits per heavy atom. The van der Waals surface area contributed by atoms with Crippen molar-refractivity contribution in [2.75, 3.05) is 43.9 Å². The molecule has 0 aliphatic carbocycles. The third kappa shape index (κ3) is 7.76. The van der Waals surface area contributed by atoms with Crippen molar-refractivity contribution in [2.24, 2.45) is 0 Å². The molecule has 0 unspecified atom stereocenters. The SMILES string of the molecule is CCN(CC)CCN(C(=O)CCCSc1ccc(Cl)cc1)c1nc2c(OC)cccc2s1.Cl. The molecule has 0 radical (unpaired) electrons. The first kappa shape index (κ1) is 27.7. The lowest BCUT2D eigenvalue weighted by Gasteiger charge is -2.24. The molecule has 3 aromatic rings. The van der Waals surface area contributed by atoms with E-state index in [-0.39, 0.29) is 18.3 Å². The van der Waals surface area contributed by atoms with Gasteiger partial charge >= 0.3 is 0 Å². The molecule has 0 N–H and O–H groups in total. The van der Waals surface area contributed by atoms with Gasteiger partial charge in [-0.05, 0) is 61.7 Å². The molecule has 0 saturated heterocycles. The molecular weight excluding hydrogens is 497 g/mol. The summed E-state index contributed by atoms with van der Waals surface area (Å²) < 4.78 is 6.49. The molecule has 0 aliphatic rings. The zero-order valence-corrected chi connectivity index (χ0v) is 22.5. The van der Waals surface area contributed by atoms with Crippen molar-refractivity contribution in [3.8, 4) is 5.75 Å². The fraction of sp³-hybridized carbons (Fsp3) is 0.417. The van der Waals surface area contributed by atoms with E-state index in [9.17, 15) is 4.79 Å². The minimum Gasteiger partial charge on any atom is -0.494 e. The Morgan fingerprint density at radius 2 is 1.85 bits per heavy atom. The molecule has 0 spiro atoms. The zero-order valence-electron chi connectivity index (χ0n) is 19.3. The van der Waals surface area contributed by atoms with Gasteiger partial charge in [-0.1, -0.05) is 42.9 Å². The third-order valence-corrected chi connectivity index (χ3v) is 7.67. The number of amides is 1. The van der Waals surface area contributed by atoms with Gasteiger partial charge in [0.15, 0.2) is 5.13 Å². The maximum Gasteiger partial charge on any atom is 0.228 e. The molecule has 0 saturated carbocycles. The minimum absolute atomic E-state index is 0. The fourth-order valence-corrected chi connectivity index (χ4v) is 5.38. The second-order valence-electron chi connectivity index (χ2n) is 7.28. The van der Waals surface area contributed by atoms with Crippen LogP contribution in [0.2, 0.25) is 5.02 Å². The maximum absolute atomic E-state index is 13.2. The van der Waals surface area contributed by atoms with E-state index in [0.717, 1.165) is 57.9 Å². The van der Waals surface area contributed by atoms with Crippen LogP contribution in [0.25, 0.3) is 10.2 Å². The van der Waals surface area contributed by atoms with Crippen molar-refractivity contribution in [1.29, 1.82) is 0 Å². The van der Waals surface area contributed by atoms with E-state index in [1.165, 1.54) is 4.90 Å². The van der Waals surface area contributed by atoms with Gasteiger partial charge in [-0.15, -0.1) is 24.2 Å². The largest absolute Gasteiger partial charge is 0.494 e. The van der Waals surface area contributed by atoms with Gasteiger partial charge in [0.25, 0.3) is 0 Å². The van der Waals surface area contributed by atoms with E-state index >= 15 is 0 Å². The van der Waals surface area contributed by atoms with Crippen LogP contribution in [-0.2, 0) is 4.79 Å². The fourth-order valence-electron chi connectivity index (χ4n) is 3.38. The predicted molar refractivity (Wildman–Crippen MR) is 145 cm³/mol. The standard InChI is InChI=1S/C24H30ClN3O2S2.ClH/c1-4-27(5-2)15-16-28(24-26-23-20(30-3)8-6-9-21(23)32-24)22(29)10-7-17-31-19-13-11-18(25)12-14-19;/h6,8-9,11-14H,4-5,7,10,15-17H2,1-3H3;1H. The monoisotopic (exact) mass is 527 g/mol. The number of methoxy groups -OCH3 is 1. The molecule has 0 atom stereocenters. The topological polar surface area (TPSA) is 45.7 Å². The van der Waals surface area contributed by atoms with Gasteiger partial charge in [-0.3, -0.25) is 9.69 Å². The number of ether oxygens (including phenoxy) is 1. The van der Waals surface area contributed by atoms with Crippen molar-refractivity contribution in [3.63, 3.8) is 0 Å². The van der Waals surface area contributed by atoms with Gasteiger partial charge in [0, 0.05) is 29.4 Å². The number of hydrogen-bond acceptors (Lipinski definition) is 6. The van der Waals surface area contributed by atoms with Crippen molar-refractivity contribution < 1.29 is 9.53 Å². The van der Waals surface area contributed by atoms with Gasteiger partial charge in [0.05, 0.1) is 11.8 Å². The molecule has 1 heterocycles. The van der Waals surface area contributed by atoms with E-state index in [4.69, 9.17) is 21.3 Å². The Kier molecular flexibility index (Phi) is 11.8. The van der Waals surface area contributed by atoms with Crippen LogP contribution in [0.5, 0.6) is 5.75 Å². The van der Waals surface area contributed by atoms with E-state index in [1.54, 1.807) is 30.2 Å². The molecule has 3 rings (SSSR count). The second kappa shape index (κ2) is 14.0. The van der Waals surface area contributed by atoms with Crippen molar-refractivity contribution in [1.82, 2.24) is 9.88 Å². The summed E-state index contributed by atoms with van der Waals surface area (Å²) in [4.78, 5) is 23.4. The number of carbonyl (C=O) groups is 1. The lowest BCUT2D eigenvalue weighted by Crippen LogP contribution is -2.38. The van der Waals surface area contributed by atoms with E-state index in [2.05, 4.69) is 18.7 Å². The van der Waals surface area contributed by atoms with Crippen molar-refractivity contribution >= 4 is 68.4 Å². The van der Waals surface area contributed by atoms with Crippen LogP contribution < -0.4 is 9.64 Å². The lowest BCUT2D eigenvalue weighted by atomic mass is 10.3. The predicted octanol–water partition coefficient (Wildman–Crippen LogP) is 6.63. The van der Waals surface area contributed by atoms with E-state index in [0.29, 0.717) is 13.0 Å². The molecule has 1 aromatic heterocycles. The molecule has 0 aliphatic heterocycles. The number of para-hydroxylation sites is 1. The Labute approximate surface area is 215 Å². The molecule has 180 valence electrons. The van der Waals surface area contributed by atoms with Crippen LogP contribution in [0.1, 0.15) is 26.7 Å². The molecule has 0 fully saturated rings. The number of anilines is 1. The highest BCUT2D eigenvalue weighted by Crippen LogP contribution is 2.34. The second-order valence-corrected chi connectivity index (χ2v) is 9.90. The average molecular weight is 529 g/mol. The Morgan fingerprint density at radius 1 is 1.12 bits per heavy atom. The van der Waals surface area contributed by atoms with Crippen LogP contribution >= 0.6 is 47.1 Å². The molecular formula is C24H31Cl2N3O2S2. The summed E-state index contributed by atoms with van der Waals surface area (Å²) in [6.45, 7) is 7.67. The number of likely N-dealkylation sites (N-methyl/N-ethyl adjacent to an activating group) is 1. The number of rotatable bonds is 12. The lowest BCUT2D eigenvalue weighted by molar-refractivity contribution is -0.118. The number of nitrogens with zero attached hydrogens (tertiary/aromatic N) is 3. The number of halogens is 2. The number of thiazole rings is 1. The summed E-state index contributed by atoms with van der Waals surface area (Å²) in [5, 5.41) is 1.48. The van der Waals surface area contributed by atoms with Crippen molar-refractivity contribution in [3.05, 3.63) is 47.5 Å².